The molecule has 0 bridgehead atoms. The monoisotopic (exact) mass is 322 g/mol. The van der Waals surface area contributed by atoms with E-state index in [2.05, 4.69) is 67.5 Å². The third kappa shape index (κ3) is 2.85. The average molecular weight is 322 g/mol. The number of anilines is 1. The maximum absolute atomic E-state index is 4.37. The van der Waals surface area contributed by atoms with Crippen molar-refractivity contribution in [1.82, 2.24) is 24.8 Å². The summed E-state index contributed by atoms with van der Waals surface area (Å²) in [5.74, 6) is 1.37. The summed E-state index contributed by atoms with van der Waals surface area (Å²) >= 11 is 0. The largest absolute Gasteiger partial charge is 0.368 e. The van der Waals surface area contributed by atoms with Crippen molar-refractivity contribution >= 4 is 17.0 Å². The minimum Gasteiger partial charge on any atom is -0.368 e. The van der Waals surface area contributed by atoms with E-state index in [0.717, 1.165) is 24.4 Å². The Labute approximate surface area is 141 Å². The quantitative estimate of drug-likeness (QED) is 0.773. The second-order valence-electron chi connectivity index (χ2n) is 6.44. The summed E-state index contributed by atoms with van der Waals surface area (Å²) < 4.78 is 0. The first kappa shape index (κ1) is 15.1. The first-order chi connectivity index (χ1) is 11.8. The molecule has 3 aromatic rings. The van der Waals surface area contributed by atoms with Crippen LogP contribution in [0.1, 0.15) is 24.4 Å². The van der Waals surface area contributed by atoms with Gasteiger partial charge in [0.2, 0.25) is 0 Å². The third-order valence-corrected chi connectivity index (χ3v) is 4.90. The van der Waals surface area contributed by atoms with Gasteiger partial charge < -0.3 is 10.3 Å². The van der Waals surface area contributed by atoms with Crippen molar-refractivity contribution in [1.29, 1.82) is 0 Å². The van der Waals surface area contributed by atoms with Gasteiger partial charge in [-0.1, -0.05) is 30.3 Å². The summed E-state index contributed by atoms with van der Waals surface area (Å²) in [4.78, 5) is 18.3. The first-order valence-electron chi connectivity index (χ1n) is 8.46. The van der Waals surface area contributed by atoms with Gasteiger partial charge in [-0.05, 0) is 37.9 Å². The molecule has 0 amide bonds. The second kappa shape index (κ2) is 6.57. The molecule has 1 fully saturated rings. The fourth-order valence-corrected chi connectivity index (χ4v) is 3.78. The van der Waals surface area contributed by atoms with Gasteiger partial charge in [-0.2, -0.15) is 0 Å². The number of nitrogens with zero attached hydrogens (tertiary/aromatic N) is 4. The van der Waals surface area contributed by atoms with Crippen LogP contribution in [0.25, 0.3) is 11.2 Å². The van der Waals surface area contributed by atoms with Gasteiger partial charge >= 0.3 is 0 Å². The van der Waals surface area contributed by atoms with Crippen molar-refractivity contribution in [3.8, 4) is 0 Å². The summed E-state index contributed by atoms with van der Waals surface area (Å²) in [5, 5.41) is 3.51. The molecular formula is C18H22N6. The molecule has 0 unspecified atom stereocenters. The number of nitrogens with one attached hydrogen (secondary N) is 2. The third-order valence-electron chi connectivity index (χ3n) is 4.90. The van der Waals surface area contributed by atoms with E-state index in [1.807, 2.05) is 0 Å². The number of H-pyrrole nitrogens is 1. The number of benzene rings is 1. The molecule has 1 aliphatic heterocycles. The van der Waals surface area contributed by atoms with Crippen LogP contribution in [0.15, 0.2) is 43.0 Å². The molecule has 1 saturated heterocycles. The van der Waals surface area contributed by atoms with Crippen LogP contribution >= 0.6 is 0 Å². The SMILES string of the molecule is CN1CCC[C@H](CNc2ncnc3nc[nH]c23)[C@@H]1c1ccccc1. The van der Waals surface area contributed by atoms with E-state index in [1.54, 1.807) is 12.7 Å². The molecule has 0 saturated carbocycles. The Morgan fingerprint density at radius 1 is 1.21 bits per heavy atom. The number of fused-ring (bicyclic) bond motifs is 1. The zero-order valence-electron chi connectivity index (χ0n) is 13.8. The number of aromatic amines is 1. The van der Waals surface area contributed by atoms with Gasteiger partial charge in [-0.25, -0.2) is 15.0 Å². The Morgan fingerprint density at radius 3 is 2.96 bits per heavy atom. The number of hydrogen-bond donors (Lipinski definition) is 2. The van der Waals surface area contributed by atoms with Crippen molar-refractivity contribution in [2.75, 3.05) is 25.5 Å². The lowest BCUT2D eigenvalue weighted by Crippen LogP contribution is -2.39. The Morgan fingerprint density at radius 2 is 2.08 bits per heavy atom. The van der Waals surface area contributed by atoms with Crippen LogP contribution in [-0.4, -0.2) is 45.0 Å². The molecule has 2 N–H and O–H groups in total. The Hall–Kier alpha value is -2.47. The molecule has 0 aliphatic carbocycles. The van der Waals surface area contributed by atoms with Gasteiger partial charge in [0.1, 0.15) is 11.8 Å². The molecule has 2 atom stereocenters. The normalized spacial score (nSPS) is 21.9. The fraction of sp³-hybridized carbons (Fsp3) is 0.389. The highest BCUT2D eigenvalue weighted by atomic mass is 15.2. The Bertz CT molecular complexity index is 799. The predicted octanol–water partition coefficient (Wildman–Crippen LogP) is 2.85. The summed E-state index contributed by atoms with van der Waals surface area (Å²) in [6.07, 6.45) is 5.67. The molecule has 1 aromatic carbocycles. The van der Waals surface area contributed by atoms with E-state index in [1.165, 1.54) is 18.4 Å². The Kier molecular flexibility index (Phi) is 4.13. The number of hydrogen-bond acceptors (Lipinski definition) is 5. The number of piperidine rings is 1. The number of imidazole rings is 1. The van der Waals surface area contributed by atoms with E-state index >= 15 is 0 Å². The van der Waals surface area contributed by atoms with Crippen LogP contribution in [0, 0.1) is 5.92 Å². The highest BCUT2D eigenvalue weighted by Gasteiger charge is 2.30. The van der Waals surface area contributed by atoms with E-state index in [-0.39, 0.29) is 0 Å². The molecule has 124 valence electrons. The van der Waals surface area contributed by atoms with E-state index in [0.29, 0.717) is 17.6 Å². The molecule has 0 radical (unpaired) electrons. The van der Waals surface area contributed by atoms with Gasteiger partial charge in [-0.15, -0.1) is 0 Å². The fourth-order valence-electron chi connectivity index (χ4n) is 3.78. The molecule has 2 aromatic heterocycles. The van der Waals surface area contributed by atoms with Crippen molar-refractivity contribution in [2.45, 2.75) is 18.9 Å². The minimum absolute atomic E-state index is 0.437. The van der Waals surface area contributed by atoms with Crippen molar-refractivity contribution in [3.63, 3.8) is 0 Å². The van der Waals surface area contributed by atoms with Gasteiger partial charge in [0.25, 0.3) is 0 Å². The lowest BCUT2D eigenvalue weighted by Gasteiger charge is -2.39. The van der Waals surface area contributed by atoms with Crippen LogP contribution in [0.3, 0.4) is 0 Å². The molecule has 6 nitrogen and oxygen atoms in total. The standard InChI is InChI=1S/C18H22N6/c1-24-9-5-8-14(16(24)13-6-3-2-4-7-13)10-19-17-15-18(21-11-20-15)23-12-22-17/h2-4,6-7,11-12,14,16H,5,8-10H2,1H3,(H2,19,20,21,22,23)/t14-,16+/m1/s1. The topological polar surface area (TPSA) is 69.7 Å². The van der Waals surface area contributed by atoms with E-state index < -0.39 is 0 Å². The maximum Gasteiger partial charge on any atom is 0.182 e. The predicted molar refractivity (Wildman–Crippen MR) is 94.7 cm³/mol. The zero-order chi connectivity index (χ0) is 16.4. The lowest BCUT2D eigenvalue weighted by molar-refractivity contribution is 0.128. The van der Waals surface area contributed by atoms with Crippen molar-refractivity contribution in [2.24, 2.45) is 5.92 Å². The van der Waals surface area contributed by atoms with Gasteiger partial charge in [-0.3, -0.25) is 4.90 Å². The van der Waals surface area contributed by atoms with Crippen molar-refractivity contribution in [3.05, 3.63) is 48.5 Å². The first-order valence-corrected chi connectivity index (χ1v) is 8.46. The van der Waals surface area contributed by atoms with E-state index in [4.69, 9.17) is 0 Å². The molecule has 24 heavy (non-hydrogen) atoms. The van der Waals surface area contributed by atoms with Gasteiger partial charge in [0.15, 0.2) is 11.5 Å². The molecule has 6 heteroatoms. The molecule has 0 spiro atoms. The van der Waals surface area contributed by atoms with E-state index in [9.17, 15) is 0 Å². The Balaban J connectivity index is 1.54. The summed E-state index contributed by atoms with van der Waals surface area (Å²) in [6.45, 7) is 2.03. The summed E-state index contributed by atoms with van der Waals surface area (Å²) in [6, 6.07) is 11.2. The van der Waals surface area contributed by atoms with Crippen LogP contribution in [0.5, 0.6) is 0 Å². The maximum atomic E-state index is 4.37. The summed E-state index contributed by atoms with van der Waals surface area (Å²) in [7, 11) is 2.22. The van der Waals surface area contributed by atoms with Gasteiger partial charge in [0, 0.05) is 12.6 Å². The smallest absolute Gasteiger partial charge is 0.182 e. The zero-order valence-corrected chi connectivity index (χ0v) is 13.8. The van der Waals surface area contributed by atoms with Crippen LogP contribution in [-0.2, 0) is 0 Å². The van der Waals surface area contributed by atoms with Crippen LogP contribution in [0.2, 0.25) is 0 Å². The summed E-state index contributed by atoms with van der Waals surface area (Å²) in [5.41, 5.74) is 2.96. The number of rotatable bonds is 4. The molecular weight excluding hydrogens is 300 g/mol. The van der Waals surface area contributed by atoms with Crippen LogP contribution < -0.4 is 5.32 Å². The number of aromatic nitrogens is 4. The number of likely N-dealkylation sites (tertiary alicyclic amines) is 1. The highest BCUT2D eigenvalue weighted by molar-refractivity contribution is 5.81. The molecule has 1 aliphatic rings. The average Bonchev–Trinajstić information content (AvgIpc) is 3.10. The molecule has 3 heterocycles. The highest BCUT2D eigenvalue weighted by Crippen LogP contribution is 2.35. The van der Waals surface area contributed by atoms with Crippen molar-refractivity contribution < 1.29 is 0 Å². The second-order valence-corrected chi connectivity index (χ2v) is 6.44. The van der Waals surface area contributed by atoms with Crippen LogP contribution in [0.4, 0.5) is 5.82 Å². The minimum atomic E-state index is 0.437. The molecule has 4 rings (SSSR count). The lowest BCUT2D eigenvalue weighted by atomic mass is 9.85. The van der Waals surface area contributed by atoms with Gasteiger partial charge in [0.05, 0.1) is 6.33 Å².